The van der Waals surface area contributed by atoms with Gasteiger partial charge in [0.1, 0.15) is 0 Å². The molecule has 3 N–H and O–H groups in total. The molecule has 0 aliphatic heterocycles. The highest BCUT2D eigenvalue weighted by molar-refractivity contribution is 8.00. The van der Waals surface area contributed by atoms with Gasteiger partial charge >= 0.3 is 6.03 Å². The third-order valence-electron chi connectivity index (χ3n) is 2.80. The number of nitrogens with one attached hydrogen (secondary N) is 3. The molecule has 8 nitrogen and oxygen atoms in total. The van der Waals surface area contributed by atoms with Gasteiger partial charge in [-0.3, -0.25) is 20.2 Å². The van der Waals surface area contributed by atoms with Crippen molar-refractivity contribution in [2.24, 2.45) is 0 Å². The molecule has 128 valence electrons. The number of hydrogen-bond donors (Lipinski definition) is 3. The monoisotopic (exact) mass is 348 g/mol. The fourth-order valence-corrected chi connectivity index (χ4v) is 2.46. The van der Waals surface area contributed by atoms with E-state index in [0.717, 1.165) is 5.56 Å². The van der Waals surface area contributed by atoms with Gasteiger partial charge in [0, 0.05) is 23.5 Å². The Bertz CT molecular complexity index is 710. The number of carbonyl (C=O) groups excluding carboxylic acids is 2. The van der Waals surface area contributed by atoms with Crippen molar-refractivity contribution in [1.29, 1.82) is 0 Å². The van der Waals surface area contributed by atoms with Gasteiger partial charge in [-0.2, -0.15) is 0 Å². The average Bonchev–Trinajstić information content (AvgIpc) is 2.94. The van der Waals surface area contributed by atoms with Crippen LogP contribution in [0.4, 0.5) is 4.79 Å². The molecule has 9 heteroatoms. The van der Waals surface area contributed by atoms with Gasteiger partial charge in [0.2, 0.25) is 11.1 Å². The highest BCUT2D eigenvalue weighted by Gasteiger charge is 2.21. The zero-order valence-electron chi connectivity index (χ0n) is 14.0. The van der Waals surface area contributed by atoms with Crippen molar-refractivity contribution in [3.8, 4) is 11.4 Å². The summed E-state index contributed by atoms with van der Waals surface area (Å²) in [5, 5.41) is 11.8. The number of carbonyl (C=O) groups is 2. The summed E-state index contributed by atoms with van der Waals surface area (Å²) in [5.74, 6) is 0.190. The molecule has 0 aliphatic rings. The lowest BCUT2D eigenvalue weighted by Crippen LogP contribution is -2.49. The molecule has 0 bridgehead atoms. The van der Waals surface area contributed by atoms with E-state index in [4.69, 9.17) is 0 Å². The van der Waals surface area contributed by atoms with Crippen molar-refractivity contribution in [2.75, 3.05) is 0 Å². The second kappa shape index (κ2) is 7.43. The first-order valence-electron chi connectivity index (χ1n) is 7.37. The normalized spacial score (nSPS) is 12.5. The molecule has 0 fully saturated rings. The Morgan fingerprint density at radius 3 is 2.54 bits per heavy atom. The van der Waals surface area contributed by atoms with Crippen LogP contribution in [0.5, 0.6) is 0 Å². The average molecular weight is 348 g/mol. The van der Waals surface area contributed by atoms with Crippen LogP contribution in [-0.2, 0) is 4.79 Å². The van der Waals surface area contributed by atoms with Gasteiger partial charge in [-0.1, -0.05) is 11.8 Å². The number of pyridine rings is 1. The van der Waals surface area contributed by atoms with E-state index in [1.54, 1.807) is 19.3 Å². The highest BCUT2D eigenvalue weighted by atomic mass is 32.2. The maximum atomic E-state index is 12.1. The molecule has 2 rings (SSSR count). The van der Waals surface area contributed by atoms with Gasteiger partial charge in [-0.15, -0.1) is 5.10 Å². The summed E-state index contributed by atoms with van der Waals surface area (Å²) in [6.45, 7) is 7.20. The zero-order chi connectivity index (χ0) is 17.7. The zero-order valence-corrected chi connectivity index (χ0v) is 14.8. The van der Waals surface area contributed by atoms with E-state index in [0.29, 0.717) is 11.0 Å². The number of hydrogen-bond acceptors (Lipinski definition) is 6. The number of urea groups is 1. The molecule has 2 heterocycles. The van der Waals surface area contributed by atoms with Crippen molar-refractivity contribution in [2.45, 2.75) is 43.6 Å². The van der Waals surface area contributed by atoms with Gasteiger partial charge in [-0.05, 0) is 39.8 Å². The standard InChI is InChI=1S/C15H20N6O2S/c1-9(12(22)18-13(23)19-15(2,3)4)24-14-17-11(20-21-14)10-5-7-16-8-6-10/h5-9H,1-4H3,(H,17,20,21)(H2,18,19,22,23)/t9-/m1/s1. The number of thioether (sulfide) groups is 1. The Kier molecular flexibility index (Phi) is 5.55. The number of amides is 3. The maximum absolute atomic E-state index is 12.1. The number of nitrogens with zero attached hydrogens (tertiary/aromatic N) is 3. The van der Waals surface area contributed by atoms with Gasteiger partial charge in [0.05, 0.1) is 5.25 Å². The minimum atomic E-state index is -0.521. The van der Waals surface area contributed by atoms with Gasteiger partial charge in [0.15, 0.2) is 5.82 Å². The second-order valence-corrected chi connectivity index (χ2v) is 7.46. The van der Waals surface area contributed by atoms with E-state index in [1.807, 2.05) is 32.9 Å². The van der Waals surface area contributed by atoms with Crippen LogP contribution >= 0.6 is 11.8 Å². The van der Waals surface area contributed by atoms with Crippen LogP contribution in [0.2, 0.25) is 0 Å². The maximum Gasteiger partial charge on any atom is 0.321 e. The number of aromatic nitrogens is 4. The summed E-state index contributed by atoms with van der Waals surface area (Å²) < 4.78 is 0. The molecule has 0 spiro atoms. The summed E-state index contributed by atoms with van der Waals surface area (Å²) in [6.07, 6.45) is 3.32. The first kappa shape index (κ1) is 17.9. The first-order valence-corrected chi connectivity index (χ1v) is 8.25. The lowest BCUT2D eigenvalue weighted by atomic mass is 10.1. The Morgan fingerprint density at radius 2 is 1.92 bits per heavy atom. The molecule has 0 aliphatic carbocycles. The molecule has 24 heavy (non-hydrogen) atoms. The second-order valence-electron chi connectivity index (χ2n) is 6.16. The summed E-state index contributed by atoms with van der Waals surface area (Å²) >= 11 is 1.17. The van der Waals surface area contributed by atoms with E-state index >= 15 is 0 Å². The van der Waals surface area contributed by atoms with Crippen molar-refractivity contribution in [3.63, 3.8) is 0 Å². The lowest BCUT2D eigenvalue weighted by Gasteiger charge is -2.20. The van der Waals surface area contributed by atoms with Crippen LogP contribution in [0.15, 0.2) is 29.7 Å². The van der Waals surface area contributed by atoms with Crippen molar-refractivity contribution < 1.29 is 9.59 Å². The minimum Gasteiger partial charge on any atom is -0.333 e. The van der Waals surface area contributed by atoms with E-state index in [9.17, 15) is 9.59 Å². The Labute approximate surface area is 144 Å². The van der Waals surface area contributed by atoms with E-state index in [1.165, 1.54) is 11.8 Å². The predicted molar refractivity (Wildman–Crippen MR) is 91.4 cm³/mol. The molecule has 0 saturated carbocycles. The SMILES string of the molecule is C[C@@H](Sc1n[nH]c(-c2ccncc2)n1)C(=O)NC(=O)NC(C)(C)C. The molecule has 0 unspecified atom stereocenters. The van der Waals surface area contributed by atoms with Crippen LogP contribution in [0.3, 0.4) is 0 Å². The predicted octanol–water partition coefficient (Wildman–Crippen LogP) is 1.97. The third kappa shape index (κ3) is 5.34. The molecule has 0 radical (unpaired) electrons. The first-order chi connectivity index (χ1) is 11.2. The smallest absolute Gasteiger partial charge is 0.321 e. The van der Waals surface area contributed by atoms with E-state index in [-0.39, 0.29) is 0 Å². The topological polar surface area (TPSA) is 113 Å². The van der Waals surface area contributed by atoms with Crippen LogP contribution < -0.4 is 10.6 Å². The molecular weight excluding hydrogens is 328 g/mol. The number of imide groups is 1. The largest absolute Gasteiger partial charge is 0.333 e. The van der Waals surface area contributed by atoms with E-state index in [2.05, 4.69) is 30.8 Å². The highest BCUT2D eigenvalue weighted by Crippen LogP contribution is 2.22. The molecule has 0 saturated heterocycles. The number of rotatable bonds is 4. The fraction of sp³-hybridized carbons (Fsp3) is 0.400. The van der Waals surface area contributed by atoms with Gasteiger partial charge < -0.3 is 5.32 Å². The summed E-state index contributed by atoms with van der Waals surface area (Å²) in [7, 11) is 0. The minimum absolute atomic E-state index is 0.406. The van der Waals surface area contributed by atoms with E-state index < -0.39 is 22.7 Å². The molecular formula is C15H20N6O2S. The fourth-order valence-electron chi connectivity index (χ4n) is 1.74. The Hall–Kier alpha value is -2.42. The quantitative estimate of drug-likeness (QED) is 0.728. The van der Waals surface area contributed by atoms with Crippen molar-refractivity contribution in [3.05, 3.63) is 24.5 Å². The van der Waals surface area contributed by atoms with Crippen molar-refractivity contribution >= 4 is 23.7 Å². The van der Waals surface area contributed by atoms with Crippen LogP contribution in [0.1, 0.15) is 27.7 Å². The summed E-state index contributed by atoms with van der Waals surface area (Å²) in [6, 6.07) is 3.09. The summed E-state index contributed by atoms with van der Waals surface area (Å²) in [5.41, 5.74) is 0.440. The third-order valence-corrected chi connectivity index (χ3v) is 3.76. The summed E-state index contributed by atoms with van der Waals surface area (Å²) in [4.78, 5) is 32.0. The number of aromatic amines is 1. The molecule has 1 atom stereocenters. The lowest BCUT2D eigenvalue weighted by molar-refractivity contribution is -0.119. The van der Waals surface area contributed by atoms with Gasteiger partial charge in [-0.25, -0.2) is 9.78 Å². The van der Waals surface area contributed by atoms with Crippen LogP contribution in [0.25, 0.3) is 11.4 Å². The van der Waals surface area contributed by atoms with Crippen molar-refractivity contribution in [1.82, 2.24) is 30.8 Å². The molecule has 0 aromatic carbocycles. The van der Waals surface area contributed by atoms with Crippen LogP contribution in [0, 0.1) is 0 Å². The Balaban J connectivity index is 1.92. The molecule has 2 aromatic heterocycles. The Morgan fingerprint density at radius 1 is 1.25 bits per heavy atom. The number of H-pyrrole nitrogens is 1. The van der Waals surface area contributed by atoms with Crippen LogP contribution in [-0.4, -0.2) is 42.9 Å². The molecule has 2 aromatic rings. The molecule has 3 amide bonds. The van der Waals surface area contributed by atoms with Gasteiger partial charge in [0.25, 0.3) is 0 Å².